The average Bonchev–Trinajstić information content (AvgIpc) is 3.24. The van der Waals surface area contributed by atoms with Gasteiger partial charge in [-0.05, 0) is 120 Å². The Bertz CT molecular complexity index is 1900. The first-order chi connectivity index (χ1) is 30.5. The van der Waals surface area contributed by atoms with Crippen molar-refractivity contribution in [3.63, 3.8) is 0 Å². The Hall–Kier alpha value is -3.86. The lowest BCUT2D eigenvalue weighted by Gasteiger charge is -2.36. The lowest BCUT2D eigenvalue weighted by Crippen LogP contribution is -2.29. The lowest BCUT2D eigenvalue weighted by atomic mass is 9.73. The third-order valence-electron chi connectivity index (χ3n) is 12.1. The highest BCUT2D eigenvalue weighted by Gasteiger charge is 2.35. The molecule has 2 aliphatic rings. The Morgan fingerprint density at radius 1 is 0.698 bits per heavy atom. The van der Waals surface area contributed by atoms with Gasteiger partial charge in [0.1, 0.15) is 41.8 Å². The van der Waals surface area contributed by atoms with Crippen molar-refractivity contribution >= 4 is 0 Å². The molecule has 0 aromatic heterocycles. The molecule has 63 heavy (non-hydrogen) atoms. The molecule has 2 atom stereocenters. The number of benzene rings is 3. The Kier molecular flexibility index (Phi) is 20.8. The fourth-order valence-electron chi connectivity index (χ4n) is 8.70. The summed E-state index contributed by atoms with van der Waals surface area (Å²) in [6.07, 6.45) is 13.2. The second kappa shape index (κ2) is 26.2. The standard InChI is InChI=1S/C54H78O9/c1-9-11-13-15-42-35-48(55)52(45-33-40(5)17-19-44(45)39(3)4)49(36-42)61-31-29-59-27-25-57-23-21-56-22-24-58-26-28-60-30-32-62-50-37-43(16-14-12-10-2)38-51-53(50)46-34-41(6)18-20-47(46)54(7,8)63-51/h18,20,33-38,44-45,55H,3,9-17,19,21-32H2,1-2,4-8H3/t44-,45+/m0/s1. The third-order valence-corrected chi connectivity index (χ3v) is 12.1. The summed E-state index contributed by atoms with van der Waals surface area (Å²) in [6.45, 7) is 24.9. The zero-order chi connectivity index (χ0) is 45.0. The Morgan fingerprint density at radius 3 is 1.78 bits per heavy atom. The van der Waals surface area contributed by atoms with Gasteiger partial charge in [-0.15, -0.1) is 0 Å². The first kappa shape index (κ1) is 50.1. The minimum absolute atomic E-state index is 0.0401. The largest absolute Gasteiger partial charge is 0.507 e. The number of hydrogen-bond acceptors (Lipinski definition) is 9. The maximum absolute atomic E-state index is 11.3. The highest BCUT2D eigenvalue weighted by atomic mass is 16.6. The minimum Gasteiger partial charge on any atom is -0.507 e. The van der Waals surface area contributed by atoms with E-state index in [1.54, 1.807) is 0 Å². The van der Waals surface area contributed by atoms with Gasteiger partial charge in [0.15, 0.2) is 0 Å². The first-order valence-electron chi connectivity index (χ1n) is 23.8. The van der Waals surface area contributed by atoms with Crippen LogP contribution in [0.15, 0.2) is 66.3 Å². The van der Waals surface area contributed by atoms with Crippen molar-refractivity contribution in [2.75, 3.05) is 79.3 Å². The SMILES string of the molecule is C=C(C)[C@@H]1CCC(C)=C[C@H]1c1c(O)cc(CCCCC)cc1OCCOCCOCCOCCOCCOCCOc1cc(CCCCC)cc2c1-c1cc(C)ccc1C(C)(C)O2. The molecule has 348 valence electrons. The molecule has 1 heterocycles. The number of unbranched alkanes of at least 4 members (excludes halogenated alkanes) is 4. The van der Waals surface area contributed by atoms with Crippen LogP contribution >= 0.6 is 0 Å². The molecule has 3 aromatic carbocycles. The van der Waals surface area contributed by atoms with Gasteiger partial charge >= 0.3 is 0 Å². The van der Waals surface area contributed by atoms with Gasteiger partial charge in [-0.3, -0.25) is 0 Å². The van der Waals surface area contributed by atoms with Crippen molar-refractivity contribution in [3.8, 4) is 34.1 Å². The first-order valence-corrected chi connectivity index (χ1v) is 23.8. The normalized spacial score (nSPS) is 16.5. The molecular weight excluding hydrogens is 793 g/mol. The summed E-state index contributed by atoms with van der Waals surface area (Å²) in [5.41, 5.74) is 9.85. The Morgan fingerprint density at radius 2 is 1.22 bits per heavy atom. The molecule has 3 aromatic rings. The fraction of sp³-hybridized carbons (Fsp3) is 0.593. The van der Waals surface area contributed by atoms with Crippen LogP contribution in [-0.4, -0.2) is 84.4 Å². The summed E-state index contributed by atoms with van der Waals surface area (Å²) < 4.78 is 48.1. The molecule has 0 amide bonds. The van der Waals surface area contributed by atoms with E-state index in [4.69, 9.17) is 37.9 Å². The van der Waals surface area contributed by atoms with E-state index in [0.717, 1.165) is 90.9 Å². The van der Waals surface area contributed by atoms with E-state index in [0.29, 0.717) is 85.0 Å². The van der Waals surface area contributed by atoms with E-state index in [1.165, 1.54) is 40.7 Å². The van der Waals surface area contributed by atoms with E-state index < -0.39 is 5.60 Å². The maximum atomic E-state index is 11.3. The lowest BCUT2D eigenvalue weighted by molar-refractivity contribution is -0.0141. The van der Waals surface area contributed by atoms with E-state index in [-0.39, 0.29) is 11.8 Å². The molecule has 0 spiro atoms. The molecule has 0 radical (unpaired) electrons. The minimum atomic E-state index is -0.424. The summed E-state index contributed by atoms with van der Waals surface area (Å²) >= 11 is 0. The molecule has 0 bridgehead atoms. The van der Waals surface area contributed by atoms with Gasteiger partial charge in [0.25, 0.3) is 0 Å². The number of aromatic hydroxyl groups is 1. The van der Waals surface area contributed by atoms with E-state index in [2.05, 4.69) is 97.5 Å². The number of hydrogen-bond donors (Lipinski definition) is 1. The van der Waals surface area contributed by atoms with Crippen LogP contribution in [0, 0.1) is 12.8 Å². The molecule has 1 N–H and O–H groups in total. The van der Waals surface area contributed by atoms with Gasteiger partial charge in [-0.2, -0.15) is 0 Å². The van der Waals surface area contributed by atoms with Crippen LogP contribution < -0.4 is 14.2 Å². The fourth-order valence-corrected chi connectivity index (χ4v) is 8.70. The van der Waals surface area contributed by atoms with Crippen molar-refractivity contribution in [1.82, 2.24) is 0 Å². The van der Waals surface area contributed by atoms with Crippen molar-refractivity contribution in [2.45, 2.75) is 124 Å². The van der Waals surface area contributed by atoms with Gasteiger partial charge in [-0.25, -0.2) is 0 Å². The number of fused-ring (bicyclic) bond motifs is 3. The van der Waals surface area contributed by atoms with Crippen molar-refractivity contribution < 1.29 is 43.0 Å². The van der Waals surface area contributed by atoms with E-state index >= 15 is 0 Å². The van der Waals surface area contributed by atoms with Crippen LogP contribution in [0.25, 0.3) is 11.1 Å². The smallest absolute Gasteiger partial charge is 0.132 e. The van der Waals surface area contributed by atoms with Gasteiger partial charge in [-0.1, -0.05) is 87.1 Å². The molecule has 0 saturated carbocycles. The summed E-state index contributed by atoms with van der Waals surface area (Å²) in [5.74, 6) is 3.11. The predicted molar refractivity (Wildman–Crippen MR) is 254 cm³/mol. The highest BCUT2D eigenvalue weighted by molar-refractivity contribution is 5.82. The second-order valence-electron chi connectivity index (χ2n) is 17.9. The summed E-state index contributed by atoms with van der Waals surface area (Å²) in [7, 11) is 0. The van der Waals surface area contributed by atoms with Crippen LogP contribution in [0.3, 0.4) is 0 Å². The van der Waals surface area contributed by atoms with Crippen LogP contribution in [0.5, 0.6) is 23.0 Å². The topological polar surface area (TPSA) is 94.1 Å². The second-order valence-corrected chi connectivity index (χ2v) is 17.9. The van der Waals surface area contributed by atoms with Crippen LogP contribution in [0.4, 0.5) is 0 Å². The number of phenols is 1. The van der Waals surface area contributed by atoms with Gasteiger partial charge < -0.3 is 43.0 Å². The molecule has 0 fully saturated rings. The van der Waals surface area contributed by atoms with Gasteiger partial charge in [0, 0.05) is 17.0 Å². The Balaban J connectivity index is 0.926. The monoisotopic (exact) mass is 871 g/mol. The molecule has 0 unspecified atom stereocenters. The van der Waals surface area contributed by atoms with Crippen LogP contribution in [0.1, 0.15) is 127 Å². The van der Waals surface area contributed by atoms with E-state index in [1.807, 2.05) is 6.07 Å². The van der Waals surface area contributed by atoms with Crippen molar-refractivity contribution in [1.29, 1.82) is 0 Å². The van der Waals surface area contributed by atoms with Crippen molar-refractivity contribution in [3.05, 3.63) is 94.1 Å². The molecule has 0 saturated heterocycles. The zero-order valence-corrected chi connectivity index (χ0v) is 39.8. The number of aryl methyl sites for hydroxylation is 3. The zero-order valence-electron chi connectivity index (χ0n) is 39.8. The molecule has 9 nitrogen and oxygen atoms in total. The number of ether oxygens (including phenoxy) is 8. The predicted octanol–water partition coefficient (Wildman–Crippen LogP) is 12.0. The molecular formula is C54H78O9. The highest BCUT2D eigenvalue weighted by Crippen LogP contribution is 2.51. The number of phenolic OH excluding ortho intramolecular Hbond substituents is 1. The third kappa shape index (κ3) is 15.4. The Labute approximate surface area is 379 Å². The van der Waals surface area contributed by atoms with Crippen LogP contribution in [-0.2, 0) is 42.1 Å². The average molecular weight is 871 g/mol. The quantitative estimate of drug-likeness (QED) is 0.0519. The van der Waals surface area contributed by atoms with Crippen molar-refractivity contribution in [2.24, 2.45) is 5.92 Å². The molecule has 1 aliphatic carbocycles. The summed E-state index contributed by atoms with van der Waals surface area (Å²) in [6, 6.07) is 15.0. The maximum Gasteiger partial charge on any atom is 0.132 e. The number of allylic oxidation sites excluding steroid dienone is 3. The summed E-state index contributed by atoms with van der Waals surface area (Å²) in [4.78, 5) is 0. The molecule has 1 aliphatic heterocycles. The van der Waals surface area contributed by atoms with E-state index in [9.17, 15) is 5.11 Å². The van der Waals surface area contributed by atoms with Gasteiger partial charge in [0.05, 0.1) is 71.6 Å². The number of rotatable bonds is 30. The van der Waals surface area contributed by atoms with Crippen LogP contribution in [0.2, 0.25) is 0 Å². The summed E-state index contributed by atoms with van der Waals surface area (Å²) in [5, 5.41) is 11.3. The molecule has 9 heteroatoms. The molecule has 5 rings (SSSR count). The van der Waals surface area contributed by atoms with Gasteiger partial charge in [0.2, 0.25) is 0 Å².